The number of aromatic nitrogens is 3. The molecule has 4 rings (SSSR count). The third-order valence-corrected chi connectivity index (χ3v) is 6.29. The number of anilines is 1. The molecule has 1 saturated heterocycles. The quantitative estimate of drug-likeness (QED) is 0.578. The first kappa shape index (κ1) is 20.7. The van der Waals surface area contributed by atoms with E-state index in [9.17, 15) is 4.57 Å². The van der Waals surface area contributed by atoms with E-state index in [4.69, 9.17) is 14.8 Å². The number of pyridine rings is 1. The van der Waals surface area contributed by atoms with Gasteiger partial charge >= 0.3 is 7.60 Å². The molecule has 0 bridgehead atoms. The number of para-hydroxylation sites is 1. The Balaban J connectivity index is 1.55. The van der Waals surface area contributed by atoms with Crippen LogP contribution in [0.3, 0.4) is 0 Å². The summed E-state index contributed by atoms with van der Waals surface area (Å²) < 4.78 is 11.2. The van der Waals surface area contributed by atoms with Crippen LogP contribution in [0, 0.1) is 5.92 Å². The summed E-state index contributed by atoms with van der Waals surface area (Å²) in [7, 11) is -3.92. The van der Waals surface area contributed by atoms with Gasteiger partial charge in [-0.3, -0.25) is 9.55 Å². The Labute approximate surface area is 175 Å². The van der Waals surface area contributed by atoms with Crippen LogP contribution in [-0.4, -0.2) is 44.0 Å². The molecule has 8 heteroatoms. The molecule has 0 saturated carbocycles. The van der Waals surface area contributed by atoms with Gasteiger partial charge < -0.3 is 14.7 Å². The molecule has 1 aliphatic rings. The van der Waals surface area contributed by atoms with Crippen molar-refractivity contribution in [3.8, 4) is 0 Å². The Hall–Kier alpha value is -2.60. The molecule has 0 unspecified atom stereocenters. The molecule has 7 nitrogen and oxygen atoms in total. The standard InChI is InChI=1S/C22H25N4O3P/c27-30(28,29)15-11-17-9-13-26(14-10-17)22-19-5-1-2-6-20(19)24-21(25-22)8-7-18-4-3-12-23-16-18/h1-8,12,16-17H,9-11,13-15H2,(H2,27,28,29)/b8-7+. The summed E-state index contributed by atoms with van der Waals surface area (Å²) in [5, 5.41) is 1.02. The van der Waals surface area contributed by atoms with Gasteiger partial charge in [-0.1, -0.05) is 18.2 Å². The summed E-state index contributed by atoms with van der Waals surface area (Å²) >= 11 is 0. The lowest BCUT2D eigenvalue weighted by Gasteiger charge is -2.33. The minimum Gasteiger partial charge on any atom is -0.356 e. The number of rotatable bonds is 6. The van der Waals surface area contributed by atoms with Crippen LogP contribution in [-0.2, 0) is 4.57 Å². The van der Waals surface area contributed by atoms with E-state index < -0.39 is 7.60 Å². The molecule has 1 aromatic carbocycles. The van der Waals surface area contributed by atoms with E-state index in [1.165, 1.54) is 0 Å². The van der Waals surface area contributed by atoms with Crippen LogP contribution < -0.4 is 4.90 Å². The summed E-state index contributed by atoms with van der Waals surface area (Å²) in [6.45, 7) is 1.64. The molecule has 2 N–H and O–H groups in total. The van der Waals surface area contributed by atoms with Crippen molar-refractivity contribution in [1.82, 2.24) is 15.0 Å². The fraction of sp³-hybridized carbons (Fsp3) is 0.318. The van der Waals surface area contributed by atoms with Crippen molar-refractivity contribution < 1.29 is 14.4 Å². The lowest BCUT2D eigenvalue weighted by molar-refractivity contribution is 0.350. The number of piperidine rings is 1. The minimum atomic E-state index is -3.92. The van der Waals surface area contributed by atoms with Crippen molar-refractivity contribution in [1.29, 1.82) is 0 Å². The lowest BCUT2D eigenvalue weighted by Crippen LogP contribution is -2.34. The number of hydrogen-bond donors (Lipinski definition) is 2. The topological polar surface area (TPSA) is 99.4 Å². The molecule has 1 fully saturated rings. The van der Waals surface area contributed by atoms with Gasteiger partial charge in [0, 0.05) is 30.9 Å². The van der Waals surface area contributed by atoms with Crippen LogP contribution in [0.25, 0.3) is 23.1 Å². The zero-order valence-electron chi connectivity index (χ0n) is 16.6. The maximum Gasteiger partial charge on any atom is 0.325 e. The van der Waals surface area contributed by atoms with E-state index in [-0.39, 0.29) is 6.16 Å². The number of nitrogens with zero attached hydrogens (tertiary/aromatic N) is 4. The molecular weight excluding hydrogens is 399 g/mol. The monoisotopic (exact) mass is 424 g/mol. The highest BCUT2D eigenvalue weighted by atomic mass is 31.2. The Bertz CT molecular complexity index is 1080. The SMILES string of the molecule is O=P(O)(O)CCC1CCN(c2nc(/C=C/c3cccnc3)nc3ccccc23)CC1. The van der Waals surface area contributed by atoms with Crippen LogP contribution in [0.15, 0.2) is 48.8 Å². The average Bonchev–Trinajstić information content (AvgIpc) is 2.76. The molecule has 0 aliphatic carbocycles. The number of fused-ring (bicyclic) bond motifs is 1. The van der Waals surface area contributed by atoms with Crippen LogP contribution >= 0.6 is 7.60 Å². The van der Waals surface area contributed by atoms with Crippen LogP contribution in [0.4, 0.5) is 5.82 Å². The van der Waals surface area contributed by atoms with E-state index in [2.05, 4.69) is 14.9 Å². The van der Waals surface area contributed by atoms with Gasteiger partial charge in [0.1, 0.15) is 5.82 Å². The lowest BCUT2D eigenvalue weighted by atomic mass is 9.94. The molecule has 2 aromatic heterocycles. The molecule has 1 aliphatic heterocycles. The number of hydrogen-bond acceptors (Lipinski definition) is 5. The van der Waals surface area contributed by atoms with Crippen molar-refractivity contribution >= 4 is 36.5 Å². The second-order valence-electron chi connectivity index (χ2n) is 7.65. The zero-order valence-corrected chi connectivity index (χ0v) is 17.5. The highest BCUT2D eigenvalue weighted by molar-refractivity contribution is 7.51. The second-order valence-corrected chi connectivity index (χ2v) is 9.43. The summed E-state index contributed by atoms with van der Waals surface area (Å²) in [4.78, 5) is 34.2. The Morgan fingerprint density at radius 3 is 2.60 bits per heavy atom. The molecule has 0 atom stereocenters. The van der Waals surface area contributed by atoms with Gasteiger partial charge in [0.2, 0.25) is 0 Å². The molecular formula is C22H25N4O3P. The van der Waals surface area contributed by atoms with Crippen molar-refractivity contribution in [2.45, 2.75) is 19.3 Å². The van der Waals surface area contributed by atoms with Gasteiger partial charge in [-0.05, 0) is 61.1 Å². The van der Waals surface area contributed by atoms with E-state index in [0.717, 1.165) is 48.2 Å². The predicted molar refractivity (Wildman–Crippen MR) is 119 cm³/mol. The third kappa shape index (κ3) is 5.30. The Kier molecular flexibility index (Phi) is 6.23. The molecule has 0 spiro atoms. The third-order valence-electron chi connectivity index (χ3n) is 5.45. The average molecular weight is 424 g/mol. The first-order chi connectivity index (χ1) is 14.5. The van der Waals surface area contributed by atoms with Crippen LogP contribution in [0.2, 0.25) is 0 Å². The molecule has 3 aromatic rings. The van der Waals surface area contributed by atoms with E-state index in [1.807, 2.05) is 48.6 Å². The largest absolute Gasteiger partial charge is 0.356 e. The van der Waals surface area contributed by atoms with Crippen LogP contribution in [0.5, 0.6) is 0 Å². The van der Waals surface area contributed by atoms with E-state index in [1.54, 1.807) is 12.4 Å². The van der Waals surface area contributed by atoms with E-state index >= 15 is 0 Å². The zero-order chi connectivity index (χ0) is 21.0. The van der Waals surface area contributed by atoms with E-state index in [0.29, 0.717) is 18.2 Å². The molecule has 156 valence electrons. The summed E-state index contributed by atoms with van der Waals surface area (Å²) in [6, 6.07) is 11.9. The highest BCUT2D eigenvalue weighted by Gasteiger charge is 2.24. The van der Waals surface area contributed by atoms with Gasteiger partial charge in [-0.15, -0.1) is 0 Å². The van der Waals surface area contributed by atoms with Crippen molar-refractivity contribution in [3.63, 3.8) is 0 Å². The fourth-order valence-electron chi connectivity index (χ4n) is 3.82. The first-order valence-corrected chi connectivity index (χ1v) is 11.9. The van der Waals surface area contributed by atoms with Crippen molar-refractivity contribution in [2.75, 3.05) is 24.2 Å². The van der Waals surface area contributed by atoms with Gasteiger partial charge in [0.05, 0.1) is 11.7 Å². The van der Waals surface area contributed by atoms with Crippen molar-refractivity contribution in [3.05, 3.63) is 60.2 Å². The Morgan fingerprint density at radius 2 is 1.87 bits per heavy atom. The minimum absolute atomic E-state index is 0.0304. The maximum atomic E-state index is 11.2. The summed E-state index contributed by atoms with van der Waals surface area (Å²) in [5.74, 6) is 1.91. The fourth-order valence-corrected chi connectivity index (χ4v) is 4.52. The highest BCUT2D eigenvalue weighted by Crippen LogP contribution is 2.38. The second kappa shape index (κ2) is 9.04. The smallest absolute Gasteiger partial charge is 0.325 e. The summed E-state index contributed by atoms with van der Waals surface area (Å²) in [6.07, 6.45) is 9.73. The van der Waals surface area contributed by atoms with Gasteiger partial charge in [0.15, 0.2) is 5.82 Å². The molecule has 0 amide bonds. The van der Waals surface area contributed by atoms with Gasteiger partial charge in [0.25, 0.3) is 0 Å². The Morgan fingerprint density at radius 1 is 1.07 bits per heavy atom. The van der Waals surface area contributed by atoms with Gasteiger partial charge in [-0.2, -0.15) is 0 Å². The molecule has 30 heavy (non-hydrogen) atoms. The molecule has 3 heterocycles. The van der Waals surface area contributed by atoms with Gasteiger partial charge in [-0.25, -0.2) is 9.97 Å². The number of benzene rings is 1. The van der Waals surface area contributed by atoms with Crippen molar-refractivity contribution in [2.24, 2.45) is 5.92 Å². The maximum absolute atomic E-state index is 11.2. The van der Waals surface area contributed by atoms with Crippen LogP contribution in [0.1, 0.15) is 30.7 Å². The predicted octanol–water partition coefficient (Wildman–Crippen LogP) is 3.98. The normalized spacial score (nSPS) is 15.9. The summed E-state index contributed by atoms with van der Waals surface area (Å²) in [5.41, 5.74) is 1.89. The molecule has 0 radical (unpaired) electrons. The first-order valence-electron chi connectivity index (χ1n) is 10.1.